The van der Waals surface area contributed by atoms with Crippen LogP contribution in [0, 0.1) is 3.57 Å². The zero-order chi connectivity index (χ0) is 13.7. The minimum Gasteiger partial charge on any atom is -0.488 e. The van der Waals surface area contributed by atoms with E-state index in [4.69, 9.17) is 4.74 Å². The molecule has 0 saturated carbocycles. The predicted octanol–water partition coefficient (Wildman–Crippen LogP) is 3.83. The van der Waals surface area contributed by atoms with Crippen LogP contribution >= 0.6 is 22.6 Å². The molecular formula is C15H14INO2. The van der Waals surface area contributed by atoms with Crippen molar-refractivity contribution in [3.63, 3.8) is 0 Å². The molecule has 0 aromatic heterocycles. The highest BCUT2D eigenvalue weighted by molar-refractivity contribution is 14.1. The van der Waals surface area contributed by atoms with Gasteiger partial charge in [-0.2, -0.15) is 0 Å². The van der Waals surface area contributed by atoms with Gasteiger partial charge in [0, 0.05) is 12.6 Å². The molecule has 98 valence electrons. The highest BCUT2D eigenvalue weighted by Gasteiger charge is 2.04. The number of carbonyl (C=O) groups is 1. The normalized spacial score (nSPS) is 10.0. The summed E-state index contributed by atoms with van der Waals surface area (Å²) in [5, 5.41) is 2.75. The number of rotatable bonds is 4. The van der Waals surface area contributed by atoms with Crippen LogP contribution in [0.5, 0.6) is 5.75 Å². The Labute approximate surface area is 126 Å². The summed E-state index contributed by atoms with van der Waals surface area (Å²) in [6.07, 6.45) is 0. The molecular weight excluding hydrogens is 353 g/mol. The molecule has 2 aromatic rings. The van der Waals surface area contributed by atoms with Gasteiger partial charge >= 0.3 is 0 Å². The van der Waals surface area contributed by atoms with Gasteiger partial charge in [-0.05, 0) is 46.4 Å². The summed E-state index contributed by atoms with van der Waals surface area (Å²) in [6, 6.07) is 15.6. The lowest BCUT2D eigenvalue weighted by molar-refractivity contribution is -0.114. The molecule has 0 bridgehead atoms. The topological polar surface area (TPSA) is 38.3 Å². The highest BCUT2D eigenvalue weighted by atomic mass is 127. The van der Waals surface area contributed by atoms with Crippen LogP contribution in [-0.4, -0.2) is 5.91 Å². The van der Waals surface area contributed by atoms with Gasteiger partial charge in [-0.1, -0.05) is 30.3 Å². The van der Waals surface area contributed by atoms with E-state index in [1.165, 1.54) is 6.92 Å². The number of hydrogen-bond donors (Lipinski definition) is 1. The summed E-state index contributed by atoms with van der Waals surface area (Å²) < 4.78 is 6.73. The summed E-state index contributed by atoms with van der Waals surface area (Å²) in [5.41, 5.74) is 1.91. The molecule has 0 spiro atoms. The van der Waals surface area contributed by atoms with Gasteiger partial charge in [0.1, 0.15) is 12.4 Å². The Kier molecular flexibility index (Phi) is 4.79. The maximum absolute atomic E-state index is 11.0. The Morgan fingerprint density at radius 1 is 1.21 bits per heavy atom. The van der Waals surface area contributed by atoms with Gasteiger partial charge in [0.05, 0.1) is 3.57 Å². The number of carbonyl (C=O) groups excluding carboxylic acids is 1. The Morgan fingerprint density at radius 3 is 2.58 bits per heavy atom. The summed E-state index contributed by atoms with van der Waals surface area (Å²) in [5.74, 6) is 0.743. The van der Waals surface area contributed by atoms with Crippen LogP contribution in [-0.2, 0) is 11.4 Å². The smallest absolute Gasteiger partial charge is 0.221 e. The molecule has 0 heterocycles. The molecule has 0 fully saturated rings. The van der Waals surface area contributed by atoms with Crippen molar-refractivity contribution in [2.75, 3.05) is 5.32 Å². The van der Waals surface area contributed by atoms with E-state index in [9.17, 15) is 4.79 Å². The van der Waals surface area contributed by atoms with E-state index in [1.807, 2.05) is 48.5 Å². The van der Waals surface area contributed by atoms with E-state index in [-0.39, 0.29) is 5.91 Å². The van der Waals surface area contributed by atoms with Crippen LogP contribution in [0.4, 0.5) is 5.69 Å². The maximum Gasteiger partial charge on any atom is 0.221 e. The fourth-order valence-corrected chi connectivity index (χ4v) is 2.31. The number of halogens is 1. The number of ether oxygens (including phenoxy) is 1. The van der Waals surface area contributed by atoms with Crippen LogP contribution < -0.4 is 10.1 Å². The standard InChI is InChI=1S/C15H14INO2/c1-11(18)17-13-7-8-15(14(16)9-13)19-10-12-5-3-2-4-6-12/h2-9H,10H2,1H3,(H,17,18). The van der Waals surface area contributed by atoms with Crippen molar-refractivity contribution < 1.29 is 9.53 Å². The van der Waals surface area contributed by atoms with E-state index >= 15 is 0 Å². The molecule has 0 unspecified atom stereocenters. The first kappa shape index (κ1) is 13.9. The quantitative estimate of drug-likeness (QED) is 0.835. The Hall–Kier alpha value is -1.56. The van der Waals surface area contributed by atoms with E-state index in [0.29, 0.717) is 6.61 Å². The van der Waals surface area contributed by atoms with E-state index in [0.717, 1.165) is 20.6 Å². The van der Waals surface area contributed by atoms with Crippen LogP contribution in [0.25, 0.3) is 0 Å². The van der Waals surface area contributed by atoms with E-state index in [1.54, 1.807) is 0 Å². The SMILES string of the molecule is CC(=O)Nc1ccc(OCc2ccccc2)c(I)c1. The Bertz CT molecular complexity index is 570. The van der Waals surface area contributed by atoms with E-state index < -0.39 is 0 Å². The van der Waals surface area contributed by atoms with Gasteiger partial charge in [0.25, 0.3) is 0 Å². The lowest BCUT2D eigenvalue weighted by Crippen LogP contribution is -2.06. The van der Waals surface area contributed by atoms with Crippen molar-refractivity contribution in [2.24, 2.45) is 0 Å². The number of nitrogens with one attached hydrogen (secondary N) is 1. The largest absolute Gasteiger partial charge is 0.488 e. The average Bonchev–Trinajstić information content (AvgIpc) is 2.38. The van der Waals surface area contributed by atoms with Gasteiger partial charge < -0.3 is 10.1 Å². The van der Waals surface area contributed by atoms with Crippen molar-refractivity contribution in [2.45, 2.75) is 13.5 Å². The number of amides is 1. The molecule has 3 nitrogen and oxygen atoms in total. The first-order valence-corrected chi connectivity index (χ1v) is 6.97. The summed E-state index contributed by atoms with van der Waals surface area (Å²) >= 11 is 2.20. The second-order valence-electron chi connectivity index (χ2n) is 4.10. The highest BCUT2D eigenvalue weighted by Crippen LogP contribution is 2.25. The first-order chi connectivity index (χ1) is 9.15. The minimum absolute atomic E-state index is 0.0752. The molecule has 0 aliphatic heterocycles. The zero-order valence-corrected chi connectivity index (χ0v) is 12.7. The van der Waals surface area contributed by atoms with Gasteiger partial charge in [-0.3, -0.25) is 4.79 Å². The lowest BCUT2D eigenvalue weighted by Gasteiger charge is -2.10. The Morgan fingerprint density at radius 2 is 1.95 bits per heavy atom. The molecule has 0 saturated heterocycles. The zero-order valence-electron chi connectivity index (χ0n) is 10.5. The summed E-state index contributed by atoms with van der Waals surface area (Å²) in [7, 11) is 0. The monoisotopic (exact) mass is 367 g/mol. The van der Waals surface area contributed by atoms with E-state index in [2.05, 4.69) is 27.9 Å². The van der Waals surface area contributed by atoms with Crippen LogP contribution in [0.15, 0.2) is 48.5 Å². The molecule has 0 radical (unpaired) electrons. The third-order valence-electron chi connectivity index (χ3n) is 2.49. The van der Waals surface area contributed by atoms with Gasteiger partial charge in [-0.15, -0.1) is 0 Å². The molecule has 0 aliphatic rings. The first-order valence-electron chi connectivity index (χ1n) is 5.89. The molecule has 4 heteroatoms. The van der Waals surface area contributed by atoms with Crippen molar-refractivity contribution >= 4 is 34.2 Å². The summed E-state index contributed by atoms with van der Waals surface area (Å²) in [4.78, 5) is 11.0. The number of benzene rings is 2. The predicted molar refractivity (Wildman–Crippen MR) is 84.2 cm³/mol. The van der Waals surface area contributed by atoms with Crippen molar-refractivity contribution in [1.29, 1.82) is 0 Å². The molecule has 2 rings (SSSR count). The fourth-order valence-electron chi connectivity index (χ4n) is 1.63. The van der Waals surface area contributed by atoms with Crippen LogP contribution in [0.3, 0.4) is 0 Å². The molecule has 0 atom stereocenters. The molecule has 19 heavy (non-hydrogen) atoms. The molecule has 1 amide bonds. The fraction of sp³-hybridized carbons (Fsp3) is 0.133. The van der Waals surface area contributed by atoms with Crippen molar-refractivity contribution in [3.8, 4) is 5.75 Å². The second-order valence-corrected chi connectivity index (χ2v) is 5.26. The molecule has 2 aromatic carbocycles. The van der Waals surface area contributed by atoms with Gasteiger partial charge in [0.15, 0.2) is 0 Å². The number of hydrogen-bond acceptors (Lipinski definition) is 2. The third-order valence-corrected chi connectivity index (χ3v) is 3.33. The molecule has 1 N–H and O–H groups in total. The Balaban J connectivity index is 2.03. The third kappa shape index (κ3) is 4.24. The number of anilines is 1. The maximum atomic E-state index is 11.0. The summed E-state index contributed by atoms with van der Waals surface area (Å²) in [6.45, 7) is 2.03. The second kappa shape index (κ2) is 6.56. The minimum atomic E-state index is -0.0752. The van der Waals surface area contributed by atoms with Gasteiger partial charge in [0.2, 0.25) is 5.91 Å². The average molecular weight is 367 g/mol. The van der Waals surface area contributed by atoms with Crippen molar-refractivity contribution in [1.82, 2.24) is 0 Å². The lowest BCUT2D eigenvalue weighted by atomic mass is 10.2. The van der Waals surface area contributed by atoms with Crippen molar-refractivity contribution in [3.05, 3.63) is 57.7 Å². The van der Waals surface area contributed by atoms with Crippen LogP contribution in [0.1, 0.15) is 12.5 Å². The van der Waals surface area contributed by atoms with Crippen LogP contribution in [0.2, 0.25) is 0 Å². The molecule has 0 aliphatic carbocycles. The van der Waals surface area contributed by atoms with Gasteiger partial charge in [-0.25, -0.2) is 0 Å².